The minimum absolute atomic E-state index is 0.185. The predicted molar refractivity (Wildman–Crippen MR) is 178 cm³/mol. The average Bonchev–Trinajstić information content (AvgIpc) is 3.40. The lowest BCUT2D eigenvalue weighted by molar-refractivity contribution is 0.410. The summed E-state index contributed by atoms with van der Waals surface area (Å²) >= 11 is 1.98. The van der Waals surface area contributed by atoms with E-state index < -0.39 is 0 Å². The molecule has 1 aliphatic heterocycles. The third kappa shape index (κ3) is 5.18. The van der Waals surface area contributed by atoms with Crippen molar-refractivity contribution in [2.45, 2.75) is 96.3 Å². The molecule has 1 fully saturated rings. The van der Waals surface area contributed by atoms with Crippen molar-refractivity contribution in [3.05, 3.63) is 77.5 Å². The highest BCUT2D eigenvalue weighted by Crippen LogP contribution is 2.52. The number of aromatic nitrogens is 1. The Bertz CT molecular complexity index is 1810. The molecule has 7 rings (SSSR count). The Kier molecular flexibility index (Phi) is 6.51. The Hall–Kier alpha value is -2.84. The zero-order chi connectivity index (χ0) is 28.5. The molecule has 1 nitrogen and oxygen atoms in total. The van der Waals surface area contributed by atoms with Gasteiger partial charge in [0.05, 0.1) is 5.69 Å². The van der Waals surface area contributed by atoms with Crippen LogP contribution in [0.15, 0.2) is 70.6 Å². The lowest BCUT2D eigenvalue weighted by Crippen LogP contribution is -2.12. The van der Waals surface area contributed by atoms with E-state index in [4.69, 9.17) is 4.98 Å². The Balaban J connectivity index is 1.43. The van der Waals surface area contributed by atoms with Gasteiger partial charge in [-0.3, -0.25) is 4.98 Å². The van der Waals surface area contributed by atoms with Crippen LogP contribution < -0.4 is 0 Å². The van der Waals surface area contributed by atoms with Gasteiger partial charge in [-0.05, 0) is 97.8 Å². The first-order valence-electron chi connectivity index (χ1n) is 15.6. The number of pyridine rings is 1. The van der Waals surface area contributed by atoms with Gasteiger partial charge >= 0.3 is 0 Å². The summed E-state index contributed by atoms with van der Waals surface area (Å²) in [5.74, 6) is 0.862. The molecule has 1 saturated carbocycles. The first kappa shape index (κ1) is 27.0. The highest BCUT2D eigenvalue weighted by molar-refractivity contribution is 8.00. The second kappa shape index (κ2) is 9.87. The van der Waals surface area contributed by atoms with Crippen LogP contribution in [0.1, 0.15) is 83.9 Å². The van der Waals surface area contributed by atoms with Crippen molar-refractivity contribution in [1.29, 1.82) is 0 Å². The first-order chi connectivity index (χ1) is 19.5. The summed E-state index contributed by atoms with van der Waals surface area (Å²) < 4.78 is 0. The van der Waals surface area contributed by atoms with Crippen molar-refractivity contribution in [3.63, 3.8) is 0 Å². The van der Waals surface area contributed by atoms with Gasteiger partial charge in [0.2, 0.25) is 0 Å². The Labute approximate surface area is 250 Å². The van der Waals surface area contributed by atoms with E-state index in [-0.39, 0.29) is 10.8 Å². The van der Waals surface area contributed by atoms with Crippen LogP contribution in [-0.4, -0.2) is 4.98 Å². The summed E-state index contributed by atoms with van der Waals surface area (Å²) in [6.07, 6.45) is 11.0. The van der Waals surface area contributed by atoms with Gasteiger partial charge in [0, 0.05) is 26.9 Å². The van der Waals surface area contributed by atoms with Gasteiger partial charge in [0.15, 0.2) is 0 Å². The zero-order valence-corrected chi connectivity index (χ0v) is 26.5. The molecule has 0 atom stereocenters. The minimum Gasteiger partial charge on any atom is -0.256 e. The van der Waals surface area contributed by atoms with Crippen LogP contribution >= 0.6 is 11.8 Å². The summed E-state index contributed by atoms with van der Waals surface area (Å²) in [7, 11) is 0. The van der Waals surface area contributed by atoms with Gasteiger partial charge < -0.3 is 0 Å². The SMILES string of the molecule is CC(C)(C)Cc1ccc2c(CC(C)(C)C)c3c(cc2c1)-c1nccc2c1c(cc1cc(CC4CCCC4)ccc12)S3. The zero-order valence-electron chi connectivity index (χ0n) is 25.7. The number of rotatable bonds is 4. The van der Waals surface area contributed by atoms with E-state index in [1.165, 1.54) is 96.5 Å². The largest absolute Gasteiger partial charge is 0.256 e. The number of benzene rings is 4. The number of hydrogen-bond donors (Lipinski definition) is 0. The molecule has 2 aliphatic rings. The van der Waals surface area contributed by atoms with Crippen LogP contribution in [0.3, 0.4) is 0 Å². The molecule has 41 heavy (non-hydrogen) atoms. The van der Waals surface area contributed by atoms with Gasteiger partial charge in [-0.25, -0.2) is 0 Å². The first-order valence-corrected chi connectivity index (χ1v) is 16.5. The van der Waals surface area contributed by atoms with Gasteiger partial charge in [0.1, 0.15) is 0 Å². The molecule has 0 N–H and O–H groups in total. The predicted octanol–water partition coefficient (Wildman–Crippen LogP) is 11.6. The van der Waals surface area contributed by atoms with Crippen molar-refractivity contribution in [2.24, 2.45) is 16.7 Å². The molecule has 2 heteroatoms. The lowest BCUT2D eigenvalue weighted by atomic mass is 9.83. The molecule has 0 unspecified atom stereocenters. The van der Waals surface area contributed by atoms with E-state index in [1.807, 2.05) is 18.0 Å². The van der Waals surface area contributed by atoms with E-state index in [0.717, 1.165) is 24.5 Å². The standard InChI is InChI=1S/C39H43NS/c1-38(2,3)22-26-12-14-30-27(19-26)20-32-36-35-31(15-16-40-36)29-13-11-25(17-24-9-7-8-10-24)18-28(29)21-34(35)41-37(32)33(30)23-39(4,5)6/h11-16,18-21,24H,7-10,17,22-23H2,1-6H3. The summed E-state index contributed by atoms with van der Waals surface area (Å²) in [5.41, 5.74) is 7.31. The highest BCUT2D eigenvalue weighted by atomic mass is 32.2. The summed E-state index contributed by atoms with van der Waals surface area (Å²) in [4.78, 5) is 7.85. The molecule has 0 spiro atoms. The molecule has 1 aliphatic carbocycles. The van der Waals surface area contributed by atoms with Crippen LogP contribution in [0.5, 0.6) is 0 Å². The number of hydrogen-bond acceptors (Lipinski definition) is 2. The van der Waals surface area contributed by atoms with Gasteiger partial charge in [-0.15, -0.1) is 0 Å². The van der Waals surface area contributed by atoms with Crippen molar-refractivity contribution in [3.8, 4) is 11.3 Å². The van der Waals surface area contributed by atoms with Crippen LogP contribution in [0.2, 0.25) is 0 Å². The molecule has 210 valence electrons. The number of nitrogens with zero attached hydrogens (tertiary/aromatic N) is 1. The Morgan fingerprint density at radius 2 is 1.41 bits per heavy atom. The van der Waals surface area contributed by atoms with Crippen molar-refractivity contribution < 1.29 is 0 Å². The van der Waals surface area contributed by atoms with E-state index in [2.05, 4.69) is 96.1 Å². The third-order valence-corrected chi connectivity index (χ3v) is 10.3. The maximum Gasteiger partial charge on any atom is 0.0803 e. The van der Waals surface area contributed by atoms with E-state index in [9.17, 15) is 0 Å². The molecule has 5 aromatic rings. The Morgan fingerprint density at radius 1 is 0.732 bits per heavy atom. The van der Waals surface area contributed by atoms with Crippen LogP contribution in [-0.2, 0) is 19.3 Å². The third-order valence-electron chi connectivity index (χ3n) is 9.06. The fourth-order valence-electron chi connectivity index (χ4n) is 7.43. The molecule has 4 aromatic carbocycles. The minimum atomic E-state index is 0.185. The van der Waals surface area contributed by atoms with Crippen LogP contribution in [0, 0.1) is 16.7 Å². The summed E-state index contributed by atoms with van der Waals surface area (Å²) in [5, 5.41) is 8.15. The van der Waals surface area contributed by atoms with E-state index >= 15 is 0 Å². The van der Waals surface area contributed by atoms with Crippen molar-refractivity contribution in [1.82, 2.24) is 4.98 Å². The fraction of sp³-hybridized carbons (Fsp3) is 0.410. The highest BCUT2D eigenvalue weighted by Gasteiger charge is 2.28. The molecule has 0 radical (unpaired) electrons. The molecule has 0 bridgehead atoms. The van der Waals surface area contributed by atoms with E-state index in [1.54, 1.807) is 0 Å². The lowest BCUT2D eigenvalue weighted by Gasteiger charge is -2.28. The fourth-order valence-corrected chi connectivity index (χ4v) is 8.71. The topological polar surface area (TPSA) is 12.9 Å². The maximum atomic E-state index is 5.08. The van der Waals surface area contributed by atoms with Gasteiger partial charge in [-0.2, -0.15) is 0 Å². The molecular formula is C39H43NS. The van der Waals surface area contributed by atoms with E-state index in [0.29, 0.717) is 0 Å². The van der Waals surface area contributed by atoms with Gasteiger partial charge in [0.25, 0.3) is 0 Å². The quantitative estimate of drug-likeness (QED) is 0.200. The van der Waals surface area contributed by atoms with Crippen LogP contribution in [0.25, 0.3) is 43.6 Å². The van der Waals surface area contributed by atoms with Crippen molar-refractivity contribution in [2.75, 3.05) is 0 Å². The molecule has 1 aromatic heterocycles. The molecule has 0 amide bonds. The second-order valence-corrected chi connectivity index (χ2v) is 16.3. The number of fused-ring (bicyclic) bond motifs is 5. The molecular weight excluding hydrogens is 515 g/mol. The van der Waals surface area contributed by atoms with Crippen LogP contribution in [0.4, 0.5) is 0 Å². The monoisotopic (exact) mass is 557 g/mol. The molecule has 2 heterocycles. The summed E-state index contributed by atoms with van der Waals surface area (Å²) in [6, 6.07) is 21.6. The smallest absolute Gasteiger partial charge is 0.0803 e. The second-order valence-electron chi connectivity index (χ2n) is 15.2. The average molecular weight is 558 g/mol. The Morgan fingerprint density at radius 3 is 2.17 bits per heavy atom. The van der Waals surface area contributed by atoms with Gasteiger partial charge in [-0.1, -0.05) is 115 Å². The molecule has 0 saturated heterocycles. The maximum absolute atomic E-state index is 5.08. The normalized spacial score (nSPS) is 15.8. The summed E-state index contributed by atoms with van der Waals surface area (Å²) in [6.45, 7) is 14.1. The van der Waals surface area contributed by atoms with Crippen molar-refractivity contribution >= 4 is 44.1 Å².